The van der Waals surface area contributed by atoms with Gasteiger partial charge >= 0.3 is 0 Å². The molecule has 0 atom stereocenters. The fourth-order valence-electron chi connectivity index (χ4n) is 5.67. The van der Waals surface area contributed by atoms with Crippen LogP contribution in [0, 0.1) is 5.82 Å². The third-order valence-corrected chi connectivity index (χ3v) is 7.45. The first kappa shape index (κ1) is 21.0. The van der Waals surface area contributed by atoms with Crippen LogP contribution in [0.5, 0.6) is 0 Å². The molecule has 8 rings (SSSR count). The maximum atomic E-state index is 14.9. The van der Waals surface area contributed by atoms with Gasteiger partial charge in [0.2, 0.25) is 0 Å². The summed E-state index contributed by atoms with van der Waals surface area (Å²) in [5.74, 6) is 1.34. The highest BCUT2D eigenvalue weighted by molar-refractivity contribution is 6.25. The monoisotopic (exact) mass is 489 g/mol. The highest BCUT2D eigenvalue weighted by Gasteiger charge is 2.21. The van der Waals surface area contributed by atoms with Crippen LogP contribution >= 0.6 is 0 Å². The predicted molar refractivity (Wildman–Crippen MR) is 155 cm³/mol. The minimum atomic E-state index is -0.207. The second-order valence-corrected chi connectivity index (χ2v) is 9.61. The number of benzene rings is 6. The van der Waals surface area contributed by atoms with E-state index in [4.69, 9.17) is 9.97 Å². The van der Waals surface area contributed by atoms with Crippen molar-refractivity contribution in [2.45, 2.75) is 0 Å². The third-order valence-electron chi connectivity index (χ3n) is 7.45. The van der Waals surface area contributed by atoms with Gasteiger partial charge in [-0.05, 0) is 64.7 Å². The molecule has 4 heteroatoms. The first-order valence-electron chi connectivity index (χ1n) is 12.6. The van der Waals surface area contributed by atoms with E-state index in [2.05, 4.69) is 53.4 Å². The largest absolute Gasteiger partial charge is 0.278 e. The summed E-state index contributed by atoms with van der Waals surface area (Å²) < 4.78 is 14.9. The number of fused-ring (bicyclic) bond motifs is 2. The summed E-state index contributed by atoms with van der Waals surface area (Å²) in [7, 11) is 0. The average Bonchev–Trinajstić information content (AvgIpc) is 2.97. The number of aromatic nitrogens is 2. The number of hydrogen-bond donors (Lipinski definition) is 0. The van der Waals surface area contributed by atoms with Crippen molar-refractivity contribution in [2.24, 2.45) is 0 Å². The summed E-state index contributed by atoms with van der Waals surface area (Å²) in [6.07, 6.45) is 0. The van der Waals surface area contributed by atoms with Crippen LogP contribution in [-0.4, -0.2) is 9.97 Å². The van der Waals surface area contributed by atoms with Crippen LogP contribution < -0.4 is 4.90 Å². The smallest absolute Gasteiger partial charge is 0.139 e. The molecule has 0 bridgehead atoms. The number of halogens is 1. The second kappa shape index (κ2) is 7.95. The highest BCUT2D eigenvalue weighted by atomic mass is 19.1. The lowest BCUT2D eigenvalue weighted by atomic mass is 9.93. The number of rotatable bonds is 3. The van der Waals surface area contributed by atoms with E-state index >= 15 is 0 Å². The van der Waals surface area contributed by atoms with Gasteiger partial charge in [-0.15, -0.1) is 0 Å². The van der Waals surface area contributed by atoms with Crippen LogP contribution in [0.1, 0.15) is 0 Å². The lowest BCUT2D eigenvalue weighted by Crippen LogP contribution is -2.13. The van der Waals surface area contributed by atoms with Gasteiger partial charge in [0, 0.05) is 26.9 Å². The Balaban J connectivity index is 1.47. The van der Waals surface area contributed by atoms with Gasteiger partial charge in [-0.3, -0.25) is 4.90 Å². The molecule has 0 aliphatic rings. The Morgan fingerprint density at radius 1 is 0.447 bits per heavy atom. The second-order valence-electron chi connectivity index (χ2n) is 9.61. The molecule has 0 aliphatic heterocycles. The Hall–Kier alpha value is -5.09. The molecule has 0 radical (unpaired) electrons. The van der Waals surface area contributed by atoms with Crippen LogP contribution in [0.3, 0.4) is 0 Å². The average molecular weight is 490 g/mol. The summed E-state index contributed by atoms with van der Waals surface area (Å²) in [4.78, 5) is 12.2. The van der Waals surface area contributed by atoms with Gasteiger partial charge in [0.1, 0.15) is 17.5 Å². The fourth-order valence-corrected chi connectivity index (χ4v) is 5.67. The number of para-hydroxylation sites is 2. The first-order chi connectivity index (χ1) is 18.7. The summed E-state index contributed by atoms with van der Waals surface area (Å²) in [5.41, 5.74) is 2.77. The quantitative estimate of drug-likeness (QED) is 0.232. The van der Waals surface area contributed by atoms with Crippen LogP contribution in [0.15, 0.2) is 121 Å². The van der Waals surface area contributed by atoms with Gasteiger partial charge in [0.15, 0.2) is 0 Å². The SMILES string of the molecule is Fc1ccc2ccc3c(N(c4ccc5ccccc5n4)c4ccc5ccccc5n4)ccc4ccc1c2c43. The predicted octanol–water partition coefficient (Wildman–Crippen LogP) is 9.29. The highest BCUT2D eigenvalue weighted by Crippen LogP contribution is 2.43. The minimum absolute atomic E-state index is 0.207. The molecule has 0 saturated carbocycles. The van der Waals surface area contributed by atoms with E-state index in [1.807, 2.05) is 66.7 Å². The zero-order valence-electron chi connectivity index (χ0n) is 20.3. The molecule has 0 amide bonds. The molecule has 0 aliphatic carbocycles. The Kier molecular flexibility index (Phi) is 4.40. The van der Waals surface area contributed by atoms with Crippen molar-refractivity contribution >= 4 is 71.4 Å². The van der Waals surface area contributed by atoms with E-state index in [9.17, 15) is 4.39 Å². The van der Waals surface area contributed by atoms with Crippen molar-refractivity contribution < 1.29 is 4.39 Å². The molecule has 0 saturated heterocycles. The van der Waals surface area contributed by atoms with Crippen molar-refractivity contribution in [1.29, 1.82) is 0 Å². The maximum absolute atomic E-state index is 14.9. The van der Waals surface area contributed by atoms with Gasteiger partial charge in [-0.1, -0.05) is 72.8 Å². The van der Waals surface area contributed by atoms with Gasteiger partial charge in [0.05, 0.1) is 16.7 Å². The third kappa shape index (κ3) is 3.07. The van der Waals surface area contributed by atoms with Crippen molar-refractivity contribution in [1.82, 2.24) is 9.97 Å². The van der Waals surface area contributed by atoms with Crippen molar-refractivity contribution in [3.63, 3.8) is 0 Å². The van der Waals surface area contributed by atoms with E-state index < -0.39 is 0 Å². The minimum Gasteiger partial charge on any atom is -0.278 e. The molecule has 0 N–H and O–H groups in total. The van der Waals surface area contributed by atoms with E-state index in [1.165, 1.54) is 0 Å². The molecule has 38 heavy (non-hydrogen) atoms. The van der Waals surface area contributed by atoms with Crippen LogP contribution in [0.2, 0.25) is 0 Å². The molecule has 2 aromatic heterocycles. The summed E-state index contributed by atoms with van der Waals surface area (Å²) >= 11 is 0. The summed E-state index contributed by atoms with van der Waals surface area (Å²) in [6.45, 7) is 0. The summed E-state index contributed by atoms with van der Waals surface area (Å²) in [6, 6.07) is 40.2. The van der Waals surface area contributed by atoms with Gasteiger partial charge in [-0.25, -0.2) is 14.4 Å². The molecule has 178 valence electrons. The molecular formula is C34H20FN3. The topological polar surface area (TPSA) is 29.0 Å². The molecule has 2 heterocycles. The number of hydrogen-bond acceptors (Lipinski definition) is 3. The lowest BCUT2D eigenvalue weighted by molar-refractivity contribution is 0.640. The number of pyridine rings is 2. The molecule has 6 aromatic carbocycles. The summed E-state index contributed by atoms with van der Waals surface area (Å²) in [5, 5.41) is 7.90. The van der Waals surface area contributed by atoms with Crippen molar-refractivity contribution in [3.8, 4) is 0 Å². The van der Waals surface area contributed by atoms with Gasteiger partial charge in [-0.2, -0.15) is 0 Å². The Morgan fingerprint density at radius 2 is 0.947 bits per heavy atom. The molecule has 0 spiro atoms. The standard InChI is InChI=1S/C34H20FN3/c35-27-17-11-23-10-16-26-30(18-12-24-9-15-25(27)33(23)34(24)26)38(31-19-13-21-5-1-3-7-28(21)36-31)32-20-14-22-6-2-4-8-29(22)37-32/h1-20H. The van der Waals surface area contributed by atoms with Crippen LogP contribution in [0.25, 0.3) is 54.1 Å². The molecule has 8 aromatic rings. The van der Waals surface area contributed by atoms with E-state index in [1.54, 1.807) is 6.07 Å². The Bertz CT molecular complexity index is 2090. The molecular weight excluding hydrogens is 469 g/mol. The molecule has 0 fully saturated rings. The van der Waals surface area contributed by atoms with Gasteiger partial charge in [0.25, 0.3) is 0 Å². The van der Waals surface area contributed by atoms with Crippen molar-refractivity contribution in [2.75, 3.05) is 4.90 Å². The number of anilines is 3. The Morgan fingerprint density at radius 3 is 1.61 bits per heavy atom. The Labute approximate surface area is 217 Å². The maximum Gasteiger partial charge on any atom is 0.139 e. The zero-order chi connectivity index (χ0) is 25.2. The first-order valence-corrected chi connectivity index (χ1v) is 12.6. The number of nitrogens with zero attached hydrogens (tertiary/aromatic N) is 3. The molecule has 0 unspecified atom stereocenters. The lowest BCUT2D eigenvalue weighted by Gasteiger charge is -2.26. The van der Waals surface area contributed by atoms with Crippen LogP contribution in [0.4, 0.5) is 21.7 Å². The molecule has 3 nitrogen and oxygen atoms in total. The fraction of sp³-hybridized carbons (Fsp3) is 0. The van der Waals surface area contributed by atoms with E-state index in [-0.39, 0.29) is 5.82 Å². The normalized spacial score (nSPS) is 11.8. The van der Waals surface area contributed by atoms with Crippen molar-refractivity contribution in [3.05, 3.63) is 127 Å². The van der Waals surface area contributed by atoms with Gasteiger partial charge < -0.3 is 0 Å². The van der Waals surface area contributed by atoms with Crippen LogP contribution in [-0.2, 0) is 0 Å². The van der Waals surface area contributed by atoms with E-state index in [0.29, 0.717) is 5.39 Å². The van der Waals surface area contributed by atoms with E-state index in [0.717, 1.165) is 66.1 Å². The zero-order valence-corrected chi connectivity index (χ0v) is 20.3.